The highest BCUT2D eigenvalue weighted by molar-refractivity contribution is 7.81. The number of hydrogen-bond donors (Lipinski definition) is 5. The normalized spacial score (nSPS) is 18.1. The minimum Gasteiger partial charge on any atom is -0.373 e. The van der Waals surface area contributed by atoms with Gasteiger partial charge in [-0.1, -0.05) is 6.07 Å². The number of aryl methyl sites for hydroxylation is 1. The second-order valence-electron chi connectivity index (χ2n) is 8.81. The molecule has 4 N–H and O–H groups in total. The van der Waals surface area contributed by atoms with E-state index in [-0.39, 0.29) is 5.37 Å². The Morgan fingerprint density at radius 2 is 1.89 bits per heavy atom. The second-order valence-corrected chi connectivity index (χ2v) is 9.44. The van der Waals surface area contributed by atoms with E-state index in [1.54, 1.807) is 6.20 Å². The van der Waals surface area contributed by atoms with Crippen LogP contribution in [-0.2, 0) is 12.6 Å². The molecule has 0 amide bonds. The zero-order chi connectivity index (χ0) is 24.6. The standard InChI is InChI=1S/C24H26F3N7S/c1-13-18(4-5-20(30-13)31-16-6-8-28-9-7-16)33-23-29-12-14-10-21(35)32-19-11-15(24(25,26)27)2-3-17(19)22(14)34-23/h2-5,11-12,16,21,28,32,35H,6-10H2,1H3,(H,30,31)(H,29,33,34). The summed E-state index contributed by atoms with van der Waals surface area (Å²) in [6, 6.07) is 7.86. The van der Waals surface area contributed by atoms with Crippen LogP contribution in [0.2, 0.25) is 0 Å². The van der Waals surface area contributed by atoms with Crippen LogP contribution in [0.25, 0.3) is 11.3 Å². The van der Waals surface area contributed by atoms with Gasteiger partial charge in [-0.15, -0.1) is 0 Å². The molecular weight excluding hydrogens is 475 g/mol. The summed E-state index contributed by atoms with van der Waals surface area (Å²) in [5, 5.41) is 12.7. The van der Waals surface area contributed by atoms with Gasteiger partial charge in [0.15, 0.2) is 0 Å². The molecule has 1 atom stereocenters. The van der Waals surface area contributed by atoms with Crippen LogP contribution in [0.1, 0.15) is 29.7 Å². The van der Waals surface area contributed by atoms with Crippen molar-refractivity contribution in [2.75, 3.05) is 29.0 Å². The molecule has 0 aliphatic carbocycles. The maximum atomic E-state index is 13.3. The number of nitrogens with one attached hydrogen (secondary N) is 4. The third-order valence-electron chi connectivity index (χ3n) is 6.23. The lowest BCUT2D eigenvalue weighted by Gasteiger charge is -2.24. The van der Waals surface area contributed by atoms with Crippen LogP contribution < -0.4 is 21.3 Å². The van der Waals surface area contributed by atoms with Gasteiger partial charge in [0, 0.05) is 29.9 Å². The average Bonchev–Trinajstić information content (AvgIpc) is 2.95. The third-order valence-corrected chi connectivity index (χ3v) is 6.54. The Hall–Kier alpha value is -3.05. The summed E-state index contributed by atoms with van der Waals surface area (Å²) in [4.78, 5) is 13.8. The lowest BCUT2D eigenvalue weighted by atomic mass is 10.0. The summed E-state index contributed by atoms with van der Waals surface area (Å²) in [5.41, 5.74) is 3.12. The lowest BCUT2D eigenvalue weighted by Crippen LogP contribution is -2.35. The number of piperidine rings is 1. The molecular formula is C24H26F3N7S. The van der Waals surface area contributed by atoms with E-state index in [1.807, 2.05) is 19.1 Å². The van der Waals surface area contributed by atoms with Crippen LogP contribution in [0.3, 0.4) is 0 Å². The van der Waals surface area contributed by atoms with Gasteiger partial charge in [0.1, 0.15) is 5.82 Å². The molecule has 2 aliphatic rings. The highest BCUT2D eigenvalue weighted by atomic mass is 32.1. The number of pyridine rings is 1. The van der Waals surface area contributed by atoms with E-state index in [1.165, 1.54) is 6.07 Å². The van der Waals surface area contributed by atoms with Crippen molar-refractivity contribution in [3.8, 4) is 11.3 Å². The van der Waals surface area contributed by atoms with Gasteiger partial charge >= 0.3 is 6.18 Å². The zero-order valence-corrected chi connectivity index (χ0v) is 20.0. The van der Waals surface area contributed by atoms with Gasteiger partial charge in [-0.05, 0) is 62.7 Å². The molecule has 1 unspecified atom stereocenters. The first-order valence-corrected chi connectivity index (χ1v) is 12.0. The minimum atomic E-state index is -4.43. The maximum Gasteiger partial charge on any atom is 0.416 e. The third kappa shape index (κ3) is 5.30. The van der Waals surface area contributed by atoms with E-state index in [9.17, 15) is 13.2 Å². The number of nitrogens with zero attached hydrogens (tertiary/aromatic N) is 3. The van der Waals surface area contributed by atoms with Crippen molar-refractivity contribution in [3.63, 3.8) is 0 Å². The van der Waals surface area contributed by atoms with Crippen LogP contribution in [0.5, 0.6) is 0 Å². The number of rotatable bonds is 4. The molecule has 1 aromatic carbocycles. The Labute approximate surface area is 206 Å². The highest BCUT2D eigenvalue weighted by Crippen LogP contribution is 2.39. The fraction of sp³-hybridized carbons (Fsp3) is 0.375. The fourth-order valence-electron chi connectivity index (χ4n) is 4.40. The molecule has 2 aromatic heterocycles. The van der Waals surface area contributed by atoms with Gasteiger partial charge in [0.2, 0.25) is 5.95 Å². The number of benzene rings is 1. The van der Waals surface area contributed by atoms with Crippen molar-refractivity contribution < 1.29 is 13.2 Å². The van der Waals surface area contributed by atoms with E-state index < -0.39 is 11.7 Å². The van der Waals surface area contributed by atoms with Crippen molar-refractivity contribution >= 4 is 35.8 Å². The first-order valence-electron chi connectivity index (χ1n) is 11.5. The fourth-order valence-corrected chi connectivity index (χ4v) is 4.74. The van der Waals surface area contributed by atoms with E-state index in [0.717, 1.165) is 60.8 Å². The Morgan fingerprint density at radius 1 is 1.09 bits per heavy atom. The number of hydrogen-bond acceptors (Lipinski definition) is 8. The van der Waals surface area contributed by atoms with Crippen LogP contribution in [-0.4, -0.2) is 39.5 Å². The number of fused-ring (bicyclic) bond motifs is 3. The van der Waals surface area contributed by atoms with E-state index in [2.05, 4.69) is 48.8 Å². The lowest BCUT2D eigenvalue weighted by molar-refractivity contribution is -0.137. The highest BCUT2D eigenvalue weighted by Gasteiger charge is 2.32. The van der Waals surface area contributed by atoms with Gasteiger partial charge in [-0.2, -0.15) is 25.8 Å². The van der Waals surface area contributed by atoms with Gasteiger partial charge in [0.25, 0.3) is 0 Å². The van der Waals surface area contributed by atoms with Crippen molar-refractivity contribution in [3.05, 3.63) is 53.3 Å². The first kappa shape index (κ1) is 23.7. The van der Waals surface area contributed by atoms with E-state index >= 15 is 0 Å². The van der Waals surface area contributed by atoms with Crippen molar-refractivity contribution in [1.29, 1.82) is 0 Å². The molecule has 0 radical (unpaired) electrons. The molecule has 35 heavy (non-hydrogen) atoms. The van der Waals surface area contributed by atoms with Crippen molar-refractivity contribution in [1.82, 2.24) is 20.3 Å². The van der Waals surface area contributed by atoms with Crippen LogP contribution in [0.15, 0.2) is 36.5 Å². The van der Waals surface area contributed by atoms with Gasteiger partial charge in [0.05, 0.1) is 28.0 Å². The number of thiol groups is 1. The first-order chi connectivity index (χ1) is 16.8. The van der Waals surface area contributed by atoms with Crippen LogP contribution >= 0.6 is 12.6 Å². The molecule has 5 rings (SSSR count). The van der Waals surface area contributed by atoms with Crippen molar-refractivity contribution in [2.24, 2.45) is 0 Å². The smallest absolute Gasteiger partial charge is 0.373 e. The number of aromatic nitrogens is 3. The molecule has 0 saturated carbocycles. The molecule has 1 fully saturated rings. The minimum absolute atomic E-state index is 0.342. The predicted octanol–water partition coefficient (Wildman–Crippen LogP) is 5.00. The second kappa shape index (κ2) is 9.54. The van der Waals surface area contributed by atoms with Gasteiger partial charge in [-0.25, -0.2) is 15.0 Å². The summed E-state index contributed by atoms with van der Waals surface area (Å²) in [6.07, 6.45) is -0.171. The van der Waals surface area contributed by atoms with Crippen LogP contribution in [0, 0.1) is 6.92 Å². The summed E-state index contributed by atoms with van der Waals surface area (Å²) in [5.74, 6) is 1.17. The van der Waals surface area contributed by atoms with E-state index in [4.69, 9.17) is 0 Å². The molecule has 1 saturated heterocycles. The van der Waals surface area contributed by atoms with Crippen molar-refractivity contribution in [2.45, 2.75) is 43.8 Å². The molecule has 184 valence electrons. The number of anilines is 4. The quantitative estimate of drug-likeness (QED) is 0.322. The molecule has 7 nitrogen and oxygen atoms in total. The van der Waals surface area contributed by atoms with Gasteiger partial charge < -0.3 is 21.3 Å². The predicted molar refractivity (Wildman–Crippen MR) is 134 cm³/mol. The Balaban J connectivity index is 1.41. The SMILES string of the molecule is Cc1nc(NC2CCNCC2)ccc1Nc1ncc2c(n1)-c1ccc(C(F)(F)F)cc1NC(S)C2. The monoisotopic (exact) mass is 501 g/mol. The van der Waals surface area contributed by atoms with E-state index in [0.29, 0.717) is 35.4 Å². The Kier molecular flexibility index (Phi) is 6.45. The average molecular weight is 502 g/mol. The summed E-state index contributed by atoms with van der Waals surface area (Å²) < 4.78 is 39.8. The number of alkyl halides is 3. The summed E-state index contributed by atoms with van der Waals surface area (Å²) >= 11 is 4.48. The molecule has 4 heterocycles. The molecule has 0 bridgehead atoms. The molecule has 0 spiro atoms. The largest absolute Gasteiger partial charge is 0.416 e. The Bertz CT molecular complexity index is 1230. The summed E-state index contributed by atoms with van der Waals surface area (Å²) in [7, 11) is 0. The zero-order valence-electron chi connectivity index (χ0n) is 19.1. The topological polar surface area (TPSA) is 86.8 Å². The van der Waals surface area contributed by atoms with Crippen LogP contribution in [0.4, 0.5) is 36.3 Å². The maximum absolute atomic E-state index is 13.3. The summed E-state index contributed by atoms with van der Waals surface area (Å²) in [6.45, 7) is 3.90. The molecule has 2 aliphatic heterocycles. The number of halogens is 3. The Morgan fingerprint density at radius 3 is 2.63 bits per heavy atom. The molecule has 11 heteroatoms. The van der Waals surface area contributed by atoms with Gasteiger partial charge in [-0.3, -0.25) is 0 Å². The molecule has 3 aromatic rings.